The number of carbonyl (C=O) groups excluding carboxylic acids is 2. The van der Waals surface area contributed by atoms with Crippen molar-refractivity contribution in [3.8, 4) is 0 Å². The zero-order valence-electron chi connectivity index (χ0n) is 59.3. The molecule has 0 aromatic heterocycles. The lowest BCUT2D eigenvalue weighted by molar-refractivity contribution is -0.143. The molecule has 0 bridgehead atoms. The molecule has 0 aliphatic rings. The van der Waals surface area contributed by atoms with Crippen molar-refractivity contribution in [1.82, 2.24) is 5.32 Å². The minimum Gasteiger partial charge on any atom is -0.466 e. The fraction of sp³-hybridized carbons (Fsp3) is 0.926. The van der Waals surface area contributed by atoms with Crippen LogP contribution in [0.15, 0.2) is 24.3 Å². The van der Waals surface area contributed by atoms with E-state index in [2.05, 4.69) is 43.5 Å². The van der Waals surface area contributed by atoms with Gasteiger partial charge in [0.1, 0.15) is 0 Å². The van der Waals surface area contributed by atoms with Gasteiger partial charge in [0.15, 0.2) is 0 Å². The number of allylic oxidation sites excluding steroid dienone is 4. The molecule has 516 valence electrons. The highest BCUT2D eigenvalue weighted by Gasteiger charge is 2.20. The number of hydrogen-bond donors (Lipinski definition) is 3. The summed E-state index contributed by atoms with van der Waals surface area (Å²) in [5.41, 5.74) is 0. The van der Waals surface area contributed by atoms with E-state index in [0.717, 1.165) is 44.9 Å². The number of ether oxygens (including phenoxy) is 1. The van der Waals surface area contributed by atoms with Crippen molar-refractivity contribution in [2.75, 3.05) is 13.2 Å². The first kappa shape index (κ1) is 85.3. The molecule has 3 N–H and O–H groups in total. The van der Waals surface area contributed by atoms with Crippen LogP contribution in [0.5, 0.6) is 0 Å². The molecule has 6 heteroatoms. The Hall–Kier alpha value is -1.66. The van der Waals surface area contributed by atoms with Crippen LogP contribution in [0.25, 0.3) is 0 Å². The number of aliphatic hydroxyl groups is 2. The van der Waals surface area contributed by atoms with Gasteiger partial charge in [-0.2, -0.15) is 0 Å². The second-order valence-corrected chi connectivity index (χ2v) is 27.8. The fourth-order valence-electron chi connectivity index (χ4n) is 12.9. The molecule has 0 fully saturated rings. The average molecular weight is 1230 g/mol. The summed E-state index contributed by atoms with van der Waals surface area (Å²) in [7, 11) is 0. The summed E-state index contributed by atoms with van der Waals surface area (Å²) in [6.07, 6.45) is 98.4. The topological polar surface area (TPSA) is 95.9 Å². The zero-order valence-corrected chi connectivity index (χ0v) is 59.3. The number of amides is 1. The summed E-state index contributed by atoms with van der Waals surface area (Å²) in [5.74, 6) is -0.0158. The minimum atomic E-state index is -0.668. The summed E-state index contributed by atoms with van der Waals surface area (Å²) < 4.78 is 5.51. The molecule has 0 radical (unpaired) electrons. The Bertz CT molecular complexity index is 1360. The van der Waals surface area contributed by atoms with Crippen LogP contribution in [0.2, 0.25) is 0 Å². The van der Waals surface area contributed by atoms with E-state index in [-0.39, 0.29) is 18.5 Å². The molecule has 0 aromatic carbocycles. The Morgan fingerprint density at radius 1 is 0.322 bits per heavy atom. The first-order chi connectivity index (χ1) is 43.0. The lowest BCUT2D eigenvalue weighted by Gasteiger charge is -2.22. The second-order valence-electron chi connectivity index (χ2n) is 27.8. The fourth-order valence-corrected chi connectivity index (χ4v) is 12.9. The standard InChI is InChI=1S/C81H157NO5/c1-3-5-7-9-11-13-15-17-19-21-23-24-25-31-34-38-41-45-49-53-57-61-65-69-73-79(84)78(77-83)82-80(85)74-70-66-62-58-54-50-46-42-39-35-32-29-27-26-28-30-33-36-40-44-48-52-56-60-64-68-72-76-87-81(86)75-71-67-63-59-55-51-47-43-37-22-20-18-16-14-12-10-8-6-4-2/h26-27,30,33,78-79,83-84H,3-25,28-29,31-32,34-77H2,1-2H3,(H,82,85)/b27-26-,33-30-. The van der Waals surface area contributed by atoms with Crippen LogP contribution in [0.1, 0.15) is 457 Å². The molecule has 0 saturated heterocycles. The van der Waals surface area contributed by atoms with Gasteiger partial charge in [-0.15, -0.1) is 0 Å². The van der Waals surface area contributed by atoms with Gasteiger partial charge in [0.2, 0.25) is 5.91 Å². The number of carbonyl (C=O) groups is 2. The molecule has 2 unspecified atom stereocenters. The summed E-state index contributed by atoms with van der Waals surface area (Å²) in [5, 5.41) is 23.5. The highest BCUT2D eigenvalue weighted by Crippen LogP contribution is 2.20. The SMILES string of the molecule is CCCCCCCCCCCCCCCCCCCCCCCCCCC(O)C(CO)NC(=O)CCCCCCCCCCCCC/C=C\C/C=C\CCCCCCCCCCCOC(=O)CCCCCCCCCCCCCCCCCCCCC. The molecule has 0 aliphatic carbocycles. The Kier molecular flexibility index (Phi) is 75.3. The third-order valence-electron chi connectivity index (χ3n) is 19.0. The van der Waals surface area contributed by atoms with Gasteiger partial charge in [0, 0.05) is 12.8 Å². The predicted octanol–water partition coefficient (Wildman–Crippen LogP) is 26.4. The first-order valence-corrected chi connectivity index (χ1v) is 40.1. The van der Waals surface area contributed by atoms with Crippen LogP contribution in [0.4, 0.5) is 0 Å². The normalized spacial score (nSPS) is 12.6. The number of nitrogens with one attached hydrogen (secondary N) is 1. The number of esters is 1. The van der Waals surface area contributed by atoms with Crippen molar-refractivity contribution in [3.63, 3.8) is 0 Å². The molecule has 0 spiro atoms. The molecular weight excluding hydrogens is 1070 g/mol. The Morgan fingerprint density at radius 2 is 0.575 bits per heavy atom. The first-order valence-electron chi connectivity index (χ1n) is 40.1. The molecule has 0 aromatic rings. The lowest BCUT2D eigenvalue weighted by atomic mass is 10.0. The van der Waals surface area contributed by atoms with Gasteiger partial charge >= 0.3 is 5.97 Å². The third kappa shape index (κ3) is 73.3. The molecule has 87 heavy (non-hydrogen) atoms. The summed E-state index contributed by atoms with van der Waals surface area (Å²) >= 11 is 0. The van der Waals surface area contributed by atoms with Crippen LogP contribution in [-0.4, -0.2) is 47.4 Å². The van der Waals surface area contributed by atoms with Crippen molar-refractivity contribution < 1.29 is 24.5 Å². The quantitative estimate of drug-likeness (QED) is 0.0320. The van der Waals surface area contributed by atoms with Gasteiger partial charge in [-0.1, -0.05) is 411 Å². The molecule has 0 rings (SSSR count). The Morgan fingerprint density at radius 3 is 0.874 bits per heavy atom. The van der Waals surface area contributed by atoms with Gasteiger partial charge in [-0.3, -0.25) is 9.59 Å². The van der Waals surface area contributed by atoms with Gasteiger partial charge in [0.05, 0.1) is 25.4 Å². The van der Waals surface area contributed by atoms with E-state index in [0.29, 0.717) is 25.9 Å². The monoisotopic (exact) mass is 1220 g/mol. The van der Waals surface area contributed by atoms with Gasteiger partial charge in [-0.25, -0.2) is 0 Å². The van der Waals surface area contributed by atoms with Crippen molar-refractivity contribution in [3.05, 3.63) is 24.3 Å². The van der Waals surface area contributed by atoms with E-state index >= 15 is 0 Å². The van der Waals surface area contributed by atoms with Crippen molar-refractivity contribution in [2.24, 2.45) is 0 Å². The smallest absolute Gasteiger partial charge is 0.305 e. The van der Waals surface area contributed by atoms with Crippen LogP contribution >= 0.6 is 0 Å². The summed E-state index contributed by atoms with van der Waals surface area (Å²) in [4.78, 5) is 24.7. The van der Waals surface area contributed by atoms with Crippen LogP contribution < -0.4 is 5.32 Å². The maximum atomic E-state index is 12.6. The molecule has 0 saturated carbocycles. The van der Waals surface area contributed by atoms with Gasteiger partial charge in [-0.05, 0) is 57.8 Å². The van der Waals surface area contributed by atoms with Crippen LogP contribution in [0, 0.1) is 0 Å². The van der Waals surface area contributed by atoms with E-state index < -0.39 is 12.1 Å². The van der Waals surface area contributed by atoms with Crippen molar-refractivity contribution in [2.45, 2.75) is 469 Å². The number of aliphatic hydroxyl groups excluding tert-OH is 2. The highest BCUT2D eigenvalue weighted by atomic mass is 16.5. The number of hydrogen-bond acceptors (Lipinski definition) is 5. The Balaban J connectivity index is 3.39. The van der Waals surface area contributed by atoms with Gasteiger partial charge in [0.25, 0.3) is 0 Å². The van der Waals surface area contributed by atoms with E-state index in [1.54, 1.807) is 0 Å². The maximum absolute atomic E-state index is 12.6. The maximum Gasteiger partial charge on any atom is 0.305 e. The molecule has 0 aliphatic heterocycles. The summed E-state index contributed by atoms with van der Waals surface area (Å²) in [6.45, 7) is 5.01. The largest absolute Gasteiger partial charge is 0.466 e. The number of rotatable bonds is 76. The van der Waals surface area contributed by atoms with Crippen LogP contribution in [-0.2, 0) is 14.3 Å². The molecule has 1 amide bonds. The van der Waals surface area contributed by atoms with Gasteiger partial charge < -0.3 is 20.3 Å². The summed E-state index contributed by atoms with van der Waals surface area (Å²) in [6, 6.07) is -0.546. The third-order valence-corrected chi connectivity index (χ3v) is 19.0. The van der Waals surface area contributed by atoms with E-state index in [9.17, 15) is 19.8 Å². The lowest BCUT2D eigenvalue weighted by Crippen LogP contribution is -2.45. The molecular formula is C81H157NO5. The van der Waals surface area contributed by atoms with Crippen molar-refractivity contribution >= 4 is 11.9 Å². The molecule has 2 atom stereocenters. The number of unbranched alkanes of at least 4 members (excludes halogenated alkanes) is 61. The predicted molar refractivity (Wildman–Crippen MR) is 384 cm³/mol. The zero-order chi connectivity index (χ0) is 62.8. The molecule has 0 heterocycles. The minimum absolute atomic E-state index is 0.0167. The van der Waals surface area contributed by atoms with E-state index in [1.807, 2.05) is 0 Å². The molecule has 6 nitrogen and oxygen atoms in total. The average Bonchev–Trinajstić information content (AvgIpc) is 3.53. The van der Waals surface area contributed by atoms with E-state index in [4.69, 9.17) is 4.74 Å². The van der Waals surface area contributed by atoms with Crippen molar-refractivity contribution in [1.29, 1.82) is 0 Å². The Labute approximate surface area is 545 Å². The van der Waals surface area contributed by atoms with Crippen LogP contribution in [0.3, 0.4) is 0 Å². The second kappa shape index (κ2) is 76.8. The highest BCUT2D eigenvalue weighted by molar-refractivity contribution is 5.76. The van der Waals surface area contributed by atoms with E-state index in [1.165, 1.54) is 379 Å².